The predicted molar refractivity (Wildman–Crippen MR) is 132 cm³/mol. The molecule has 0 aliphatic rings. The van der Waals surface area contributed by atoms with Crippen molar-refractivity contribution >= 4 is 5.71 Å². The van der Waals surface area contributed by atoms with Gasteiger partial charge in [0, 0.05) is 23.7 Å². The van der Waals surface area contributed by atoms with Gasteiger partial charge in [0.1, 0.15) is 30.9 Å². The molecular formula is C26H27N5O4. The molecule has 3 aromatic carbocycles. The fraction of sp³-hybridized carbons (Fsp3) is 0.231. The minimum absolute atomic E-state index is 0.264. The van der Waals surface area contributed by atoms with Gasteiger partial charge in [-0.1, -0.05) is 29.4 Å². The monoisotopic (exact) mass is 473 g/mol. The zero-order chi connectivity index (χ0) is 24.9. The van der Waals surface area contributed by atoms with Gasteiger partial charge in [0.15, 0.2) is 0 Å². The van der Waals surface area contributed by atoms with Crippen molar-refractivity contribution in [2.24, 2.45) is 12.2 Å². The Morgan fingerprint density at radius 2 is 1.71 bits per heavy atom. The van der Waals surface area contributed by atoms with E-state index in [0.717, 1.165) is 39.3 Å². The Labute approximate surface area is 203 Å². The number of hydrogen-bond donors (Lipinski definition) is 0. The molecule has 0 aliphatic heterocycles. The van der Waals surface area contributed by atoms with E-state index in [1.165, 1.54) is 16.5 Å². The van der Waals surface area contributed by atoms with Crippen LogP contribution in [-0.4, -0.2) is 39.7 Å². The summed E-state index contributed by atoms with van der Waals surface area (Å²) in [5, 5.41) is 12.0. The highest BCUT2D eigenvalue weighted by Gasteiger charge is 2.15. The number of nitrogens with zero attached hydrogens (tertiary/aromatic N) is 5. The average molecular weight is 474 g/mol. The molecule has 0 saturated heterocycles. The van der Waals surface area contributed by atoms with Crippen LogP contribution in [0.1, 0.15) is 27.8 Å². The van der Waals surface area contributed by atoms with Gasteiger partial charge in [0.05, 0.1) is 12.8 Å². The number of tetrazole rings is 1. The van der Waals surface area contributed by atoms with Crippen LogP contribution in [0.2, 0.25) is 0 Å². The second-order valence-corrected chi connectivity index (χ2v) is 7.99. The Balaban J connectivity index is 1.62. The smallest absolute Gasteiger partial charge is 0.368 e. The molecule has 1 heterocycles. The number of aromatic nitrogens is 4. The molecule has 35 heavy (non-hydrogen) atoms. The molecule has 9 nitrogen and oxygen atoms in total. The fourth-order valence-corrected chi connectivity index (χ4v) is 3.78. The van der Waals surface area contributed by atoms with E-state index in [-0.39, 0.29) is 12.3 Å². The summed E-state index contributed by atoms with van der Waals surface area (Å²) in [7, 11) is 4.71. The zero-order valence-electron chi connectivity index (χ0n) is 20.3. The van der Waals surface area contributed by atoms with Crippen molar-refractivity contribution < 1.29 is 14.3 Å². The number of hydrogen-bond acceptors (Lipinski definition) is 7. The molecule has 0 spiro atoms. The topological polar surface area (TPSA) is 92.8 Å². The Hall–Kier alpha value is -4.40. The molecule has 4 rings (SSSR count). The van der Waals surface area contributed by atoms with Crippen molar-refractivity contribution in [1.82, 2.24) is 19.8 Å². The fourth-order valence-electron chi connectivity index (χ4n) is 3.78. The predicted octanol–water partition coefficient (Wildman–Crippen LogP) is 3.57. The SMILES string of the molecule is CON=C(c1cccc(OC)c1)c1ccc(OCc2c(C)cccc2-n2nnn(C)c2=O)c(C)c1. The molecule has 0 unspecified atom stereocenters. The van der Waals surface area contributed by atoms with E-state index in [1.54, 1.807) is 14.2 Å². The van der Waals surface area contributed by atoms with E-state index in [9.17, 15) is 4.79 Å². The van der Waals surface area contributed by atoms with Crippen LogP contribution in [0.5, 0.6) is 11.5 Å². The van der Waals surface area contributed by atoms with Crippen molar-refractivity contribution in [3.05, 3.63) is 99.0 Å². The van der Waals surface area contributed by atoms with Gasteiger partial charge in [0.2, 0.25) is 0 Å². The Morgan fingerprint density at radius 1 is 0.943 bits per heavy atom. The van der Waals surface area contributed by atoms with Crippen LogP contribution >= 0.6 is 0 Å². The first kappa shape index (κ1) is 23.7. The number of methoxy groups -OCH3 is 1. The van der Waals surface area contributed by atoms with Crippen molar-refractivity contribution in [2.75, 3.05) is 14.2 Å². The molecule has 4 aromatic rings. The minimum atomic E-state index is -0.320. The van der Waals surface area contributed by atoms with Crippen molar-refractivity contribution in [3.8, 4) is 17.2 Å². The summed E-state index contributed by atoms with van der Waals surface area (Å²) in [6, 6.07) is 19.2. The summed E-state index contributed by atoms with van der Waals surface area (Å²) in [4.78, 5) is 17.5. The van der Waals surface area contributed by atoms with Gasteiger partial charge in [0.25, 0.3) is 0 Å². The van der Waals surface area contributed by atoms with Crippen LogP contribution in [0.25, 0.3) is 5.69 Å². The standard InChI is InChI=1S/C26H27N5O4/c1-17-8-6-11-23(31-26(32)30(3)28-29-31)22(17)16-35-24-13-12-20(14-18(24)2)25(27-34-5)19-9-7-10-21(15-19)33-4/h6-15H,16H2,1-5H3. The molecule has 0 N–H and O–H groups in total. The molecule has 0 amide bonds. The van der Waals surface area contributed by atoms with E-state index in [0.29, 0.717) is 11.4 Å². The third-order valence-electron chi connectivity index (χ3n) is 5.68. The molecule has 0 atom stereocenters. The number of oxime groups is 1. The van der Waals surface area contributed by atoms with Gasteiger partial charge < -0.3 is 14.3 Å². The largest absolute Gasteiger partial charge is 0.497 e. The third-order valence-corrected chi connectivity index (χ3v) is 5.68. The van der Waals surface area contributed by atoms with Gasteiger partial charge in [-0.15, -0.1) is 0 Å². The summed E-state index contributed by atoms with van der Waals surface area (Å²) >= 11 is 0. The van der Waals surface area contributed by atoms with Gasteiger partial charge in [-0.25, -0.2) is 4.79 Å². The lowest BCUT2D eigenvalue weighted by Crippen LogP contribution is -2.23. The molecule has 9 heteroatoms. The van der Waals surface area contributed by atoms with Gasteiger partial charge in [-0.2, -0.15) is 9.36 Å². The Kier molecular flexibility index (Phi) is 6.96. The third kappa shape index (κ3) is 4.93. The van der Waals surface area contributed by atoms with Crippen LogP contribution in [0.3, 0.4) is 0 Å². The maximum atomic E-state index is 12.4. The first-order valence-electron chi connectivity index (χ1n) is 11.0. The molecule has 1 aromatic heterocycles. The van der Waals surface area contributed by atoms with Gasteiger partial charge in [-0.05, 0) is 71.8 Å². The van der Waals surface area contributed by atoms with Crippen molar-refractivity contribution in [1.29, 1.82) is 0 Å². The Bertz CT molecular complexity index is 1440. The summed E-state index contributed by atoms with van der Waals surface area (Å²) < 4.78 is 14.0. The normalized spacial score (nSPS) is 11.4. The van der Waals surface area contributed by atoms with E-state index < -0.39 is 0 Å². The number of rotatable bonds is 8. The van der Waals surface area contributed by atoms with Crippen LogP contribution in [-0.2, 0) is 18.5 Å². The maximum Gasteiger partial charge on any atom is 0.368 e. The lowest BCUT2D eigenvalue weighted by molar-refractivity contribution is 0.214. The number of ether oxygens (including phenoxy) is 2. The lowest BCUT2D eigenvalue weighted by Gasteiger charge is -2.15. The van der Waals surface area contributed by atoms with E-state index in [1.807, 2.05) is 74.5 Å². The van der Waals surface area contributed by atoms with Crippen molar-refractivity contribution in [2.45, 2.75) is 20.5 Å². The highest BCUT2D eigenvalue weighted by molar-refractivity contribution is 6.13. The molecular weight excluding hydrogens is 446 g/mol. The molecule has 0 fully saturated rings. The Morgan fingerprint density at radius 3 is 2.40 bits per heavy atom. The molecule has 180 valence electrons. The first-order valence-corrected chi connectivity index (χ1v) is 11.0. The molecule has 0 radical (unpaired) electrons. The van der Waals surface area contributed by atoms with Crippen LogP contribution in [0, 0.1) is 13.8 Å². The number of aryl methyl sites for hydroxylation is 3. The van der Waals surface area contributed by atoms with Gasteiger partial charge >= 0.3 is 5.69 Å². The quantitative estimate of drug-likeness (QED) is 0.287. The maximum absolute atomic E-state index is 12.4. The summed E-state index contributed by atoms with van der Waals surface area (Å²) in [5.41, 5.74) is 5.54. The molecule has 0 bridgehead atoms. The average Bonchev–Trinajstić information content (AvgIpc) is 3.20. The minimum Gasteiger partial charge on any atom is -0.497 e. The van der Waals surface area contributed by atoms with E-state index >= 15 is 0 Å². The summed E-state index contributed by atoms with van der Waals surface area (Å²) in [6.45, 7) is 4.21. The van der Waals surface area contributed by atoms with Crippen LogP contribution in [0.15, 0.2) is 70.6 Å². The van der Waals surface area contributed by atoms with E-state index in [2.05, 4.69) is 15.6 Å². The lowest BCUT2D eigenvalue weighted by atomic mass is 10.00. The van der Waals surface area contributed by atoms with Crippen LogP contribution in [0.4, 0.5) is 0 Å². The van der Waals surface area contributed by atoms with Crippen LogP contribution < -0.4 is 15.2 Å². The summed E-state index contributed by atoms with van der Waals surface area (Å²) in [6.07, 6.45) is 0. The van der Waals surface area contributed by atoms with Gasteiger partial charge in [-0.3, -0.25) is 0 Å². The highest BCUT2D eigenvalue weighted by atomic mass is 16.6. The van der Waals surface area contributed by atoms with E-state index in [4.69, 9.17) is 14.3 Å². The molecule has 0 saturated carbocycles. The highest BCUT2D eigenvalue weighted by Crippen LogP contribution is 2.25. The molecule has 0 aliphatic carbocycles. The second kappa shape index (κ2) is 10.3. The summed E-state index contributed by atoms with van der Waals surface area (Å²) in [5.74, 6) is 1.45. The zero-order valence-corrected chi connectivity index (χ0v) is 20.3. The second-order valence-electron chi connectivity index (χ2n) is 7.99. The first-order chi connectivity index (χ1) is 16.9. The van der Waals surface area contributed by atoms with Crippen molar-refractivity contribution in [3.63, 3.8) is 0 Å². The number of benzene rings is 3.